The molecule has 2 rings (SSSR count). The molecular weight excluding hydrogens is 211 g/mol. The van der Waals surface area contributed by atoms with E-state index in [1.165, 1.54) is 0 Å². The number of hydrogen-bond acceptors (Lipinski definition) is 2. The Bertz CT molecular complexity index is 297. The van der Waals surface area contributed by atoms with Crippen molar-refractivity contribution in [1.82, 2.24) is 4.90 Å². The number of Topliss-reactive ketones (excluding diaryl/α,β-unsaturated/α-hetero) is 1. The Balaban J connectivity index is 2.01. The number of halogens is 3. The largest absolute Gasteiger partial charge is 0.471 e. The highest BCUT2D eigenvalue weighted by atomic mass is 19.4. The van der Waals surface area contributed by atoms with Gasteiger partial charge in [-0.15, -0.1) is 0 Å². The van der Waals surface area contributed by atoms with E-state index in [4.69, 9.17) is 0 Å². The summed E-state index contributed by atoms with van der Waals surface area (Å²) < 4.78 is 36.3. The fraction of sp³-hybridized carbons (Fsp3) is 0.778. The van der Waals surface area contributed by atoms with Gasteiger partial charge in [0.25, 0.3) is 0 Å². The van der Waals surface area contributed by atoms with E-state index in [0.29, 0.717) is 12.8 Å². The third-order valence-electron chi connectivity index (χ3n) is 3.09. The average Bonchev–Trinajstić information content (AvgIpc) is 2.57. The van der Waals surface area contributed by atoms with Crippen LogP contribution < -0.4 is 0 Å². The maximum absolute atomic E-state index is 12.1. The van der Waals surface area contributed by atoms with Gasteiger partial charge in [0.15, 0.2) is 0 Å². The molecule has 1 heterocycles. The van der Waals surface area contributed by atoms with E-state index >= 15 is 0 Å². The molecule has 1 aliphatic carbocycles. The minimum atomic E-state index is -4.79. The van der Waals surface area contributed by atoms with Crippen LogP contribution in [-0.4, -0.2) is 35.9 Å². The Morgan fingerprint density at radius 3 is 2.07 bits per heavy atom. The molecule has 0 aromatic carbocycles. The second-order valence-corrected chi connectivity index (χ2v) is 4.17. The Hall–Kier alpha value is -1.07. The van der Waals surface area contributed by atoms with Gasteiger partial charge in [0.2, 0.25) is 0 Å². The lowest BCUT2D eigenvalue weighted by Gasteiger charge is -2.18. The molecule has 0 aromatic heterocycles. The maximum atomic E-state index is 12.1. The zero-order chi connectivity index (χ0) is 11.2. The van der Waals surface area contributed by atoms with E-state index in [2.05, 4.69) is 0 Å². The number of hydrogen-bond donors (Lipinski definition) is 0. The lowest BCUT2D eigenvalue weighted by atomic mass is 10.0. The highest BCUT2D eigenvalue weighted by Gasteiger charge is 2.49. The van der Waals surface area contributed by atoms with E-state index in [9.17, 15) is 22.8 Å². The van der Waals surface area contributed by atoms with Gasteiger partial charge in [-0.1, -0.05) is 0 Å². The number of nitrogens with zero attached hydrogens (tertiary/aromatic N) is 1. The summed E-state index contributed by atoms with van der Waals surface area (Å²) in [5.74, 6) is -1.78. The van der Waals surface area contributed by atoms with Crippen molar-refractivity contribution in [3.8, 4) is 0 Å². The Morgan fingerprint density at radius 1 is 1.20 bits per heavy atom. The molecule has 1 saturated heterocycles. The van der Waals surface area contributed by atoms with Gasteiger partial charge in [-0.25, -0.2) is 0 Å². The maximum Gasteiger partial charge on any atom is 0.471 e. The van der Waals surface area contributed by atoms with Crippen molar-refractivity contribution in [2.45, 2.75) is 19.0 Å². The Labute approximate surface area is 84.2 Å². The third-order valence-corrected chi connectivity index (χ3v) is 3.09. The normalized spacial score (nSPS) is 30.9. The number of rotatable bonds is 0. The zero-order valence-corrected chi connectivity index (χ0v) is 7.88. The summed E-state index contributed by atoms with van der Waals surface area (Å²) in [6.07, 6.45) is -4.14. The fourth-order valence-electron chi connectivity index (χ4n) is 2.41. The monoisotopic (exact) mass is 221 g/mol. The second-order valence-electron chi connectivity index (χ2n) is 4.17. The summed E-state index contributed by atoms with van der Waals surface area (Å²) in [4.78, 5) is 22.7. The summed E-state index contributed by atoms with van der Waals surface area (Å²) in [5.41, 5.74) is 0. The van der Waals surface area contributed by atoms with E-state index < -0.39 is 12.1 Å². The molecule has 6 heteroatoms. The van der Waals surface area contributed by atoms with Crippen LogP contribution in [0, 0.1) is 11.8 Å². The van der Waals surface area contributed by atoms with Crippen LogP contribution in [0.3, 0.4) is 0 Å². The summed E-state index contributed by atoms with van der Waals surface area (Å²) in [6.45, 7) is 0.156. The van der Waals surface area contributed by atoms with E-state index in [0.717, 1.165) is 4.90 Å². The number of fused-ring (bicyclic) bond motifs is 1. The van der Waals surface area contributed by atoms with Gasteiger partial charge in [0, 0.05) is 25.9 Å². The highest BCUT2D eigenvalue weighted by molar-refractivity contribution is 5.84. The molecule has 0 unspecified atom stereocenters. The van der Waals surface area contributed by atoms with Gasteiger partial charge in [-0.05, 0) is 11.8 Å². The number of amides is 1. The number of ketones is 1. The molecule has 15 heavy (non-hydrogen) atoms. The number of carbonyl (C=O) groups excluding carboxylic acids is 2. The van der Waals surface area contributed by atoms with Crippen molar-refractivity contribution in [3.05, 3.63) is 0 Å². The highest BCUT2D eigenvalue weighted by Crippen LogP contribution is 2.37. The topological polar surface area (TPSA) is 37.4 Å². The van der Waals surface area contributed by atoms with Crippen LogP contribution in [0.2, 0.25) is 0 Å². The molecule has 1 aliphatic heterocycles. The van der Waals surface area contributed by atoms with E-state index in [1.54, 1.807) is 0 Å². The molecule has 1 amide bonds. The summed E-state index contributed by atoms with van der Waals surface area (Å²) >= 11 is 0. The predicted octanol–water partition coefficient (Wildman–Crippen LogP) is 0.986. The van der Waals surface area contributed by atoms with Crippen molar-refractivity contribution < 1.29 is 22.8 Å². The molecule has 0 aromatic rings. The first-order valence-electron chi connectivity index (χ1n) is 4.75. The van der Waals surface area contributed by atoms with Gasteiger partial charge in [0.05, 0.1) is 0 Å². The van der Waals surface area contributed by atoms with Crippen molar-refractivity contribution in [2.75, 3.05) is 13.1 Å². The molecular formula is C9H10F3NO2. The molecule has 2 aliphatic rings. The SMILES string of the molecule is O=C1C[C@@H]2CN(C(=O)C(F)(F)F)C[C@@H]2C1. The van der Waals surface area contributed by atoms with Crippen LogP contribution in [-0.2, 0) is 9.59 Å². The Morgan fingerprint density at radius 2 is 1.67 bits per heavy atom. The van der Waals surface area contributed by atoms with Crippen LogP contribution in [0.25, 0.3) is 0 Å². The number of likely N-dealkylation sites (tertiary alicyclic amines) is 1. The summed E-state index contributed by atoms with van der Waals surface area (Å²) in [7, 11) is 0. The second kappa shape index (κ2) is 3.21. The van der Waals surface area contributed by atoms with Gasteiger partial charge in [-0.2, -0.15) is 13.2 Å². The van der Waals surface area contributed by atoms with Gasteiger partial charge >= 0.3 is 12.1 Å². The van der Waals surface area contributed by atoms with Crippen LogP contribution in [0.15, 0.2) is 0 Å². The molecule has 0 spiro atoms. The molecule has 84 valence electrons. The first-order chi connectivity index (χ1) is 6.88. The molecule has 2 atom stereocenters. The minimum absolute atomic E-state index is 0.0520. The molecule has 2 fully saturated rings. The smallest absolute Gasteiger partial charge is 0.334 e. The zero-order valence-electron chi connectivity index (χ0n) is 7.88. The lowest BCUT2D eigenvalue weighted by Crippen LogP contribution is -2.40. The summed E-state index contributed by atoms with van der Waals surface area (Å²) in [5, 5.41) is 0. The lowest BCUT2D eigenvalue weighted by molar-refractivity contribution is -0.184. The summed E-state index contributed by atoms with van der Waals surface area (Å²) in [6, 6.07) is 0. The average molecular weight is 221 g/mol. The van der Waals surface area contributed by atoms with Crippen LogP contribution in [0.5, 0.6) is 0 Å². The van der Waals surface area contributed by atoms with Gasteiger partial charge < -0.3 is 4.90 Å². The van der Waals surface area contributed by atoms with Crippen molar-refractivity contribution >= 4 is 11.7 Å². The standard InChI is InChI=1S/C9H10F3NO2/c10-9(11,12)8(15)13-3-5-1-7(14)2-6(5)4-13/h5-6H,1-4H2/t5-,6+. The Kier molecular flexibility index (Phi) is 2.24. The molecule has 1 saturated carbocycles. The first kappa shape index (κ1) is 10.4. The van der Waals surface area contributed by atoms with Crippen LogP contribution in [0.1, 0.15) is 12.8 Å². The third kappa shape index (κ3) is 1.85. The molecule has 0 radical (unpaired) electrons. The van der Waals surface area contributed by atoms with Crippen molar-refractivity contribution in [1.29, 1.82) is 0 Å². The number of carbonyl (C=O) groups is 2. The van der Waals surface area contributed by atoms with Gasteiger partial charge in [0.1, 0.15) is 5.78 Å². The van der Waals surface area contributed by atoms with Crippen LogP contribution in [0.4, 0.5) is 13.2 Å². The predicted molar refractivity (Wildman–Crippen MR) is 43.9 cm³/mol. The van der Waals surface area contributed by atoms with Crippen molar-refractivity contribution in [3.63, 3.8) is 0 Å². The minimum Gasteiger partial charge on any atom is -0.334 e. The molecule has 0 N–H and O–H groups in total. The quantitative estimate of drug-likeness (QED) is 0.611. The fourth-order valence-corrected chi connectivity index (χ4v) is 2.41. The van der Waals surface area contributed by atoms with Crippen LogP contribution >= 0.6 is 0 Å². The number of alkyl halides is 3. The molecule has 3 nitrogen and oxygen atoms in total. The van der Waals surface area contributed by atoms with Gasteiger partial charge in [-0.3, -0.25) is 9.59 Å². The van der Waals surface area contributed by atoms with E-state index in [1.807, 2.05) is 0 Å². The van der Waals surface area contributed by atoms with E-state index in [-0.39, 0.29) is 30.7 Å². The first-order valence-corrected chi connectivity index (χ1v) is 4.75. The van der Waals surface area contributed by atoms with Crippen molar-refractivity contribution in [2.24, 2.45) is 11.8 Å². The molecule has 0 bridgehead atoms.